The Kier molecular flexibility index (Phi) is 2.99. The average molecular weight is 254 g/mol. The number of ketones is 1. The van der Waals surface area contributed by atoms with E-state index < -0.39 is 0 Å². The molecule has 2 aromatic rings. The highest BCUT2D eigenvalue weighted by Crippen LogP contribution is 2.36. The van der Waals surface area contributed by atoms with Gasteiger partial charge in [0, 0.05) is 18.4 Å². The SMILES string of the molecule is COc1cc(CC(=O)C2Cc3ccccc32)ncn1. The Balaban J connectivity index is 1.73. The van der Waals surface area contributed by atoms with E-state index in [4.69, 9.17) is 4.74 Å². The van der Waals surface area contributed by atoms with Crippen LogP contribution in [0.25, 0.3) is 0 Å². The number of carbonyl (C=O) groups excluding carboxylic acids is 1. The van der Waals surface area contributed by atoms with Gasteiger partial charge in [-0.3, -0.25) is 4.79 Å². The first-order valence-corrected chi connectivity index (χ1v) is 6.23. The first kappa shape index (κ1) is 11.8. The fourth-order valence-electron chi connectivity index (χ4n) is 2.43. The summed E-state index contributed by atoms with van der Waals surface area (Å²) in [6.07, 6.45) is 2.60. The molecule has 0 amide bonds. The number of hydrogen-bond donors (Lipinski definition) is 0. The zero-order valence-electron chi connectivity index (χ0n) is 10.7. The van der Waals surface area contributed by atoms with Crippen LogP contribution in [0.4, 0.5) is 0 Å². The minimum Gasteiger partial charge on any atom is -0.481 e. The van der Waals surface area contributed by atoms with Crippen molar-refractivity contribution >= 4 is 5.78 Å². The molecular formula is C15H14N2O2. The molecule has 0 N–H and O–H groups in total. The Bertz CT molecular complexity index is 625. The second kappa shape index (κ2) is 4.80. The van der Waals surface area contributed by atoms with E-state index in [1.807, 2.05) is 18.2 Å². The monoisotopic (exact) mass is 254 g/mol. The number of methoxy groups -OCH3 is 1. The van der Waals surface area contributed by atoms with Gasteiger partial charge >= 0.3 is 0 Å². The van der Waals surface area contributed by atoms with Gasteiger partial charge in [0.1, 0.15) is 12.1 Å². The third kappa shape index (κ3) is 2.21. The lowest BCUT2D eigenvalue weighted by atomic mass is 9.74. The number of ether oxygens (including phenoxy) is 1. The molecule has 0 radical (unpaired) electrons. The summed E-state index contributed by atoms with van der Waals surface area (Å²) in [4.78, 5) is 20.3. The molecule has 1 aromatic heterocycles. The summed E-state index contributed by atoms with van der Waals surface area (Å²) < 4.78 is 5.03. The quantitative estimate of drug-likeness (QED) is 0.836. The minimum absolute atomic E-state index is 0.0251. The number of nitrogens with zero attached hydrogens (tertiary/aromatic N) is 2. The van der Waals surface area contributed by atoms with Crippen LogP contribution in [0.15, 0.2) is 36.7 Å². The van der Waals surface area contributed by atoms with Crippen LogP contribution in [-0.4, -0.2) is 22.9 Å². The van der Waals surface area contributed by atoms with Crippen molar-refractivity contribution in [2.45, 2.75) is 18.8 Å². The Morgan fingerprint density at radius 2 is 2.21 bits per heavy atom. The number of benzene rings is 1. The van der Waals surface area contributed by atoms with Crippen LogP contribution in [0.2, 0.25) is 0 Å². The van der Waals surface area contributed by atoms with Gasteiger partial charge in [-0.1, -0.05) is 24.3 Å². The zero-order valence-corrected chi connectivity index (χ0v) is 10.7. The molecule has 0 fully saturated rings. The molecule has 1 unspecified atom stereocenters. The van der Waals surface area contributed by atoms with Gasteiger partial charge in [-0.2, -0.15) is 0 Å². The van der Waals surface area contributed by atoms with Crippen LogP contribution in [0, 0.1) is 0 Å². The normalized spacial score (nSPS) is 16.4. The summed E-state index contributed by atoms with van der Waals surface area (Å²) in [5.74, 6) is 0.725. The standard InChI is InChI=1S/C15H14N2O2/c1-19-15-8-11(16-9-17-15)7-14(18)13-6-10-4-2-3-5-12(10)13/h2-5,8-9,13H,6-7H2,1H3. The molecule has 0 saturated carbocycles. The van der Waals surface area contributed by atoms with Crippen LogP contribution >= 0.6 is 0 Å². The van der Waals surface area contributed by atoms with Crippen molar-refractivity contribution in [2.75, 3.05) is 7.11 Å². The van der Waals surface area contributed by atoms with Crippen LogP contribution in [-0.2, 0) is 17.6 Å². The summed E-state index contributed by atoms with van der Waals surface area (Å²) in [7, 11) is 1.55. The molecule has 96 valence electrons. The fraction of sp³-hybridized carbons (Fsp3) is 0.267. The van der Waals surface area contributed by atoms with E-state index in [1.54, 1.807) is 13.2 Å². The predicted molar refractivity (Wildman–Crippen MR) is 70.2 cm³/mol. The first-order valence-electron chi connectivity index (χ1n) is 6.23. The highest BCUT2D eigenvalue weighted by Gasteiger charge is 2.31. The fourth-order valence-corrected chi connectivity index (χ4v) is 2.43. The van der Waals surface area contributed by atoms with Crippen molar-refractivity contribution in [1.29, 1.82) is 0 Å². The maximum Gasteiger partial charge on any atom is 0.216 e. The third-order valence-electron chi connectivity index (χ3n) is 3.51. The molecule has 3 rings (SSSR count). The number of rotatable bonds is 4. The molecule has 19 heavy (non-hydrogen) atoms. The van der Waals surface area contributed by atoms with E-state index in [0.717, 1.165) is 12.0 Å². The smallest absolute Gasteiger partial charge is 0.216 e. The van der Waals surface area contributed by atoms with Gasteiger partial charge in [0.25, 0.3) is 0 Å². The van der Waals surface area contributed by atoms with Gasteiger partial charge in [-0.25, -0.2) is 9.97 Å². The second-order valence-corrected chi connectivity index (χ2v) is 4.65. The number of hydrogen-bond acceptors (Lipinski definition) is 4. The highest BCUT2D eigenvalue weighted by atomic mass is 16.5. The summed E-state index contributed by atoms with van der Waals surface area (Å²) in [6, 6.07) is 9.80. The molecule has 1 heterocycles. The molecule has 4 nitrogen and oxygen atoms in total. The molecule has 1 aliphatic carbocycles. The average Bonchev–Trinajstić information content (AvgIpc) is 2.40. The Morgan fingerprint density at radius 3 is 3.00 bits per heavy atom. The Morgan fingerprint density at radius 1 is 1.37 bits per heavy atom. The number of Topliss-reactive ketones (excluding diaryl/α,β-unsaturated/α-hetero) is 1. The van der Waals surface area contributed by atoms with Crippen molar-refractivity contribution in [3.05, 3.63) is 53.5 Å². The molecule has 1 atom stereocenters. The molecule has 1 aromatic carbocycles. The lowest BCUT2D eigenvalue weighted by molar-refractivity contribution is -0.120. The van der Waals surface area contributed by atoms with Gasteiger partial charge in [0.2, 0.25) is 5.88 Å². The second-order valence-electron chi connectivity index (χ2n) is 4.65. The van der Waals surface area contributed by atoms with E-state index in [0.29, 0.717) is 18.0 Å². The summed E-state index contributed by atoms with van der Waals surface area (Å²) in [5.41, 5.74) is 3.15. The molecule has 0 bridgehead atoms. The molecule has 0 spiro atoms. The first-order chi connectivity index (χ1) is 9.28. The van der Waals surface area contributed by atoms with Crippen molar-refractivity contribution in [1.82, 2.24) is 9.97 Å². The van der Waals surface area contributed by atoms with Gasteiger partial charge in [-0.05, 0) is 17.5 Å². The van der Waals surface area contributed by atoms with E-state index in [9.17, 15) is 4.79 Å². The Hall–Kier alpha value is -2.23. The van der Waals surface area contributed by atoms with Crippen molar-refractivity contribution in [3.8, 4) is 5.88 Å². The largest absolute Gasteiger partial charge is 0.481 e. The predicted octanol–water partition coefficient (Wildman–Crippen LogP) is 1.94. The van der Waals surface area contributed by atoms with Gasteiger partial charge in [0.05, 0.1) is 12.8 Å². The lowest BCUT2D eigenvalue weighted by Gasteiger charge is -2.28. The summed E-state index contributed by atoms with van der Waals surface area (Å²) in [6.45, 7) is 0. The maximum atomic E-state index is 12.3. The number of fused-ring (bicyclic) bond motifs is 1. The van der Waals surface area contributed by atoms with E-state index in [-0.39, 0.29) is 11.7 Å². The molecular weight excluding hydrogens is 240 g/mol. The van der Waals surface area contributed by atoms with E-state index in [1.165, 1.54) is 11.9 Å². The summed E-state index contributed by atoms with van der Waals surface area (Å²) in [5, 5.41) is 0. The minimum atomic E-state index is 0.0251. The topological polar surface area (TPSA) is 52.1 Å². The van der Waals surface area contributed by atoms with Crippen LogP contribution in [0.5, 0.6) is 5.88 Å². The van der Waals surface area contributed by atoms with E-state index in [2.05, 4.69) is 16.0 Å². The Labute approximate surface area is 111 Å². The maximum absolute atomic E-state index is 12.3. The molecule has 4 heteroatoms. The van der Waals surface area contributed by atoms with Crippen molar-refractivity contribution in [2.24, 2.45) is 0 Å². The zero-order chi connectivity index (χ0) is 13.2. The molecule has 0 aliphatic heterocycles. The van der Waals surface area contributed by atoms with Crippen molar-refractivity contribution in [3.63, 3.8) is 0 Å². The summed E-state index contributed by atoms with van der Waals surface area (Å²) >= 11 is 0. The third-order valence-corrected chi connectivity index (χ3v) is 3.51. The van der Waals surface area contributed by atoms with Gasteiger partial charge < -0.3 is 4.74 Å². The van der Waals surface area contributed by atoms with Gasteiger partial charge in [0.15, 0.2) is 0 Å². The van der Waals surface area contributed by atoms with Crippen LogP contribution in [0.1, 0.15) is 22.7 Å². The molecule has 0 saturated heterocycles. The van der Waals surface area contributed by atoms with Crippen molar-refractivity contribution < 1.29 is 9.53 Å². The van der Waals surface area contributed by atoms with E-state index >= 15 is 0 Å². The number of carbonyl (C=O) groups is 1. The highest BCUT2D eigenvalue weighted by molar-refractivity contribution is 5.90. The van der Waals surface area contributed by atoms with Crippen LogP contribution < -0.4 is 4.74 Å². The number of aromatic nitrogens is 2. The van der Waals surface area contributed by atoms with Gasteiger partial charge in [-0.15, -0.1) is 0 Å². The molecule has 1 aliphatic rings. The van der Waals surface area contributed by atoms with Crippen LogP contribution in [0.3, 0.4) is 0 Å². The lowest BCUT2D eigenvalue weighted by Crippen LogP contribution is -2.26.